The Kier molecular flexibility index (Phi) is 4.90. The van der Waals surface area contributed by atoms with Crippen LogP contribution >= 0.6 is 0 Å². The van der Waals surface area contributed by atoms with Gasteiger partial charge in [0.25, 0.3) is 5.91 Å². The predicted molar refractivity (Wildman–Crippen MR) is 77.6 cm³/mol. The van der Waals surface area contributed by atoms with Crippen molar-refractivity contribution in [3.63, 3.8) is 0 Å². The zero-order valence-corrected chi connectivity index (χ0v) is 11.8. The van der Waals surface area contributed by atoms with E-state index in [1.807, 2.05) is 38.1 Å². The van der Waals surface area contributed by atoms with Gasteiger partial charge < -0.3 is 15.1 Å². The molecule has 0 radical (unpaired) electrons. The molecule has 2 aromatic rings. The summed E-state index contributed by atoms with van der Waals surface area (Å²) in [6, 6.07) is 7.80. The Morgan fingerprint density at radius 2 is 2.00 bits per heavy atom. The van der Waals surface area contributed by atoms with E-state index >= 15 is 0 Å². The van der Waals surface area contributed by atoms with Crippen LogP contribution in [-0.4, -0.2) is 30.5 Å². The molecule has 0 fully saturated rings. The number of hydrogen-bond donors (Lipinski definition) is 2. The number of carbonyl (C=O) groups is 1. The monoisotopic (exact) mass is 273 g/mol. The van der Waals surface area contributed by atoms with Crippen LogP contribution in [0.25, 0.3) is 11.3 Å². The summed E-state index contributed by atoms with van der Waals surface area (Å²) in [5.74, 6) is 0.290. The first-order valence-corrected chi connectivity index (χ1v) is 6.71. The average Bonchev–Trinajstić information content (AvgIpc) is 2.93. The lowest BCUT2D eigenvalue weighted by molar-refractivity contribution is 0.0950. The molecule has 2 N–H and O–H groups in total. The van der Waals surface area contributed by atoms with Crippen molar-refractivity contribution in [3.05, 3.63) is 41.9 Å². The lowest BCUT2D eigenvalue weighted by Crippen LogP contribution is -2.32. The molecule has 0 saturated heterocycles. The lowest BCUT2D eigenvalue weighted by atomic mass is 10.1. The summed E-state index contributed by atoms with van der Waals surface area (Å²) in [6.45, 7) is 6.22. The first-order valence-electron chi connectivity index (χ1n) is 6.71. The second-order valence-electron chi connectivity index (χ2n) is 4.51. The van der Waals surface area contributed by atoms with Crippen molar-refractivity contribution in [2.75, 3.05) is 19.6 Å². The second kappa shape index (κ2) is 6.86. The highest BCUT2D eigenvalue weighted by molar-refractivity contribution is 5.97. The molecule has 5 heteroatoms. The van der Waals surface area contributed by atoms with E-state index in [0.29, 0.717) is 18.0 Å². The van der Waals surface area contributed by atoms with Gasteiger partial charge in [0, 0.05) is 18.7 Å². The third-order valence-electron chi connectivity index (χ3n) is 2.93. The summed E-state index contributed by atoms with van der Waals surface area (Å²) in [5, 5.41) is 5.96. The molecule has 0 aliphatic carbocycles. The van der Waals surface area contributed by atoms with Gasteiger partial charge in [-0.3, -0.25) is 4.79 Å². The predicted octanol–water partition coefficient (Wildman–Crippen LogP) is 1.99. The number of hydrogen-bond acceptors (Lipinski definition) is 4. The van der Waals surface area contributed by atoms with Crippen LogP contribution in [0.15, 0.2) is 35.1 Å². The molecule has 20 heavy (non-hydrogen) atoms. The number of likely N-dealkylation sites (N-methyl/N-ethyl adjacent to an activating group) is 1. The van der Waals surface area contributed by atoms with E-state index in [1.165, 1.54) is 6.39 Å². The quantitative estimate of drug-likeness (QED) is 0.790. The van der Waals surface area contributed by atoms with Crippen LogP contribution in [0.1, 0.15) is 23.0 Å². The maximum atomic E-state index is 12.1. The summed E-state index contributed by atoms with van der Waals surface area (Å²) in [6.07, 6.45) is 1.30. The minimum atomic E-state index is -0.216. The molecule has 0 saturated carbocycles. The zero-order chi connectivity index (χ0) is 14.4. The summed E-state index contributed by atoms with van der Waals surface area (Å²) in [4.78, 5) is 16.1. The number of oxazole rings is 1. The van der Waals surface area contributed by atoms with Crippen molar-refractivity contribution < 1.29 is 9.21 Å². The van der Waals surface area contributed by atoms with Crippen LogP contribution in [-0.2, 0) is 0 Å². The third-order valence-corrected chi connectivity index (χ3v) is 2.93. The second-order valence-corrected chi connectivity index (χ2v) is 4.51. The van der Waals surface area contributed by atoms with E-state index in [-0.39, 0.29) is 5.91 Å². The van der Waals surface area contributed by atoms with Crippen molar-refractivity contribution in [1.29, 1.82) is 0 Å². The van der Waals surface area contributed by atoms with E-state index in [9.17, 15) is 4.79 Å². The normalized spacial score (nSPS) is 10.5. The largest absolute Gasteiger partial charge is 0.443 e. The number of carbonyl (C=O) groups excluding carboxylic acids is 1. The van der Waals surface area contributed by atoms with Crippen LogP contribution in [0.2, 0.25) is 0 Å². The molecule has 1 amide bonds. The SMILES string of the molecule is CCNCCNC(=O)c1ncoc1-c1ccc(C)cc1. The Bertz CT molecular complexity index is 561. The molecular formula is C15H19N3O2. The number of rotatable bonds is 6. The van der Waals surface area contributed by atoms with E-state index in [0.717, 1.165) is 24.2 Å². The molecule has 0 bridgehead atoms. The number of benzene rings is 1. The summed E-state index contributed by atoms with van der Waals surface area (Å²) >= 11 is 0. The van der Waals surface area contributed by atoms with Crippen LogP contribution in [0.4, 0.5) is 0 Å². The van der Waals surface area contributed by atoms with E-state index in [1.54, 1.807) is 0 Å². The molecule has 1 aromatic carbocycles. The topological polar surface area (TPSA) is 67.2 Å². The standard InChI is InChI=1S/C15H19N3O2/c1-3-16-8-9-17-15(19)13-14(20-10-18-13)12-6-4-11(2)5-7-12/h4-7,10,16H,3,8-9H2,1-2H3,(H,17,19). The summed E-state index contributed by atoms with van der Waals surface area (Å²) < 4.78 is 5.35. The van der Waals surface area contributed by atoms with E-state index in [2.05, 4.69) is 15.6 Å². The van der Waals surface area contributed by atoms with Gasteiger partial charge in [-0.05, 0) is 13.5 Å². The fourth-order valence-corrected chi connectivity index (χ4v) is 1.84. The molecule has 5 nitrogen and oxygen atoms in total. The van der Waals surface area contributed by atoms with E-state index < -0.39 is 0 Å². The molecule has 0 aliphatic heterocycles. The molecule has 0 spiro atoms. The highest BCUT2D eigenvalue weighted by atomic mass is 16.3. The number of amides is 1. The van der Waals surface area contributed by atoms with Crippen LogP contribution in [0, 0.1) is 6.92 Å². The van der Waals surface area contributed by atoms with Gasteiger partial charge in [0.1, 0.15) is 0 Å². The molecule has 2 rings (SSSR count). The van der Waals surface area contributed by atoms with Gasteiger partial charge in [-0.2, -0.15) is 0 Å². The van der Waals surface area contributed by atoms with Crippen molar-refractivity contribution in [3.8, 4) is 11.3 Å². The number of nitrogens with zero attached hydrogens (tertiary/aromatic N) is 1. The Labute approximate surface area is 118 Å². The van der Waals surface area contributed by atoms with Crippen molar-refractivity contribution in [2.45, 2.75) is 13.8 Å². The zero-order valence-electron chi connectivity index (χ0n) is 11.8. The molecule has 1 heterocycles. The molecular weight excluding hydrogens is 254 g/mol. The van der Waals surface area contributed by atoms with Gasteiger partial charge >= 0.3 is 0 Å². The first-order chi connectivity index (χ1) is 9.72. The van der Waals surface area contributed by atoms with Crippen molar-refractivity contribution in [1.82, 2.24) is 15.6 Å². The summed E-state index contributed by atoms with van der Waals surface area (Å²) in [5.41, 5.74) is 2.33. The van der Waals surface area contributed by atoms with Crippen LogP contribution < -0.4 is 10.6 Å². The van der Waals surface area contributed by atoms with E-state index in [4.69, 9.17) is 4.42 Å². The van der Waals surface area contributed by atoms with Crippen LogP contribution in [0.5, 0.6) is 0 Å². The third kappa shape index (κ3) is 3.45. The molecule has 0 atom stereocenters. The molecule has 106 valence electrons. The molecule has 1 aromatic heterocycles. The van der Waals surface area contributed by atoms with Gasteiger partial charge in [0.05, 0.1) is 0 Å². The van der Waals surface area contributed by atoms with Crippen molar-refractivity contribution >= 4 is 5.91 Å². The smallest absolute Gasteiger partial charge is 0.273 e. The van der Waals surface area contributed by atoms with Gasteiger partial charge in [-0.15, -0.1) is 0 Å². The fourth-order valence-electron chi connectivity index (χ4n) is 1.84. The number of aromatic nitrogens is 1. The maximum absolute atomic E-state index is 12.1. The Morgan fingerprint density at radius 1 is 1.25 bits per heavy atom. The minimum Gasteiger partial charge on any atom is -0.443 e. The Balaban J connectivity index is 2.08. The van der Waals surface area contributed by atoms with Crippen molar-refractivity contribution in [2.24, 2.45) is 0 Å². The van der Waals surface area contributed by atoms with Gasteiger partial charge in [0.15, 0.2) is 17.8 Å². The number of nitrogens with one attached hydrogen (secondary N) is 2. The highest BCUT2D eigenvalue weighted by Gasteiger charge is 2.17. The van der Waals surface area contributed by atoms with Crippen LogP contribution in [0.3, 0.4) is 0 Å². The Hall–Kier alpha value is -2.14. The number of aryl methyl sites for hydroxylation is 1. The molecule has 0 aliphatic rings. The van der Waals surface area contributed by atoms with Gasteiger partial charge in [0.2, 0.25) is 0 Å². The van der Waals surface area contributed by atoms with Gasteiger partial charge in [-0.25, -0.2) is 4.98 Å². The lowest BCUT2D eigenvalue weighted by Gasteiger charge is -2.05. The van der Waals surface area contributed by atoms with Gasteiger partial charge in [-0.1, -0.05) is 36.8 Å². The highest BCUT2D eigenvalue weighted by Crippen LogP contribution is 2.23. The molecule has 0 unspecified atom stereocenters. The summed E-state index contributed by atoms with van der Waals surface area (Å²) in [7, 11) is 0. The Morgan fingerprint density at radius 3 is 2.70 bits per heavy atom. The average molecular weight is 273 g/mol. The fraction of sp³-hybridized carbons (Fsp3) is 0.333. The minimum absolute atomic E-state index is 0.216. The maximum Gasteiger partial charge on any atom is 0.273 e. The first kappa shape index (κ1) is 14.3.